The van der Waals surface area contributed by atoms with E-state index in [0.717, 1.165) is 56.7 Å². The number of piperidine rings is 1. The molecule has 1 heterocycles. The number of amides is 1. The summed E-state index contributed by atoms with van der Waals surface area (Å²) in [5.41, 5.74) is 6.69. The van der Waals surface area contributed by atoms with E-state index >= 15 is 0 Å². The van der Waals surface area contributed by atoms with Gasteiger partial charge in [0.25, 0.3) is 5.91 Å². The van der Waals surface area contributed by atoms with Crippen LogP contribution in [0.1, 0.15) is 49.9 Å². The normalized spacial score (nSPS) is 16.6. The third kappa shape index (κ3) is 5.70. The van der Waals surface area contributed by atoms with Gasteiger partial charge in [0.05, 0.1) is 6.61 Å². The summed E-state index contributed by atoms with van der Waals surface area (Å²) in [7, 11) is 0. The first-order valence-corrected chi connectivity index (χ1v) is 8.39. The van der Waals surface area contributed by atoms with Crippen LogP contribution in [0.4, 0.5) is 0 Å². The number of benzene rings is 1. The number of nitrogens with zero attached hydrogens (tertiary/aromatic N) is 1. The van der Waals surface area contributed by atoms with Crippen molar-refractivity contribution in [2.45, 2.75) is 45.6 Å². The van der Waals surface area contributed by atoms with Crippen molar-refractivity contribution in [3.05, 3.63) is 29.8 Å². The van der Waals surface area contributed by atoms with E-state index in [1.807, 2.05) is 29.2 Å². The Kier molecular flexibility index (Phi) is 8.42. The summed E-state index contributed by atoms with van der Waals surface area (Å²) in [5.74, 6) is 1.49. The summed E-state index contributed by atoms with van der Waals surface area (Å²) in [4.78, 5) is 14.4. The summed E-state index contributed by atoms with van der Waals surface area (Å²) in [6.07, 6.45) is 4.17. The van der Waals surface area contributed by atoms with Crippen LogP contribution in [0.25, 0.3) is 0 Å². The summed E-state index contributed by atoms with van der Waals surface area (Å²) >= 11 is 0. The number of hydrogen-bond acceptors (Lipinski definition) is 3. The largest absolute Gasteiger partial charge is 0.494 e. The first-order valence-electron chi connectivity index (χ1n) is 8.39. The van der Waals surface area contributed by atoms with Gasteiger partial charge in [-0.3, -0.25) is 4.79 Å². The molecule has 0 spiro atoms. The number of carbonyl (C=O) groups excluding carboxylic acids is 1. The van der Waals surface area contributed by atoms with Crippen molar-refractivity contribution < 1.29 is 9.53 Å². The highest BCUT2D eigenvalue weighted by Crippen LogP contribution is 2.22. The quantitative estimate of drug-likeness (QED) is 0.806. The van der Waals surface area contributed by atoms with Gasteiger partial charge in [-0.05, 0) is 56.4 Å². The second-order valence-electron chi connectivity index (χ2n) is 6.22. The Hall–Kier alpha value is -1.26. The third-order valence-corrected chi connectivity index (χ3v) is 4.44. The van der Waals surface area contributed by atoms with Crippen LogP contribution in [-0.4, -0.2) is 36.5 Å². The van der Waals surface area contributed by atoms with Gasteiger partial charge in [0, 0.05) is 24.7 Å². The molecule has 0 aromatic heterocycles. The van der Waals surface area contributed by atoms with E-state index < -0.39 is 0 Å². The fourth-order valence-electron chi connectivity index (χ4n) is 2.84. The summed E-state index contributed by atoms with van der Waals surface area (Å²) in [6, 6.07) is 7.72. The minimum atomic E-state index is 0. The molecule has 1 aromatic rings. The molecule has 4 nitrogen and oxygen atoms in total. The second-order valence-corrected chi connectivity index (χ2v) is 6.22. The van der Waals surface area contributed by atoms with Crippen molar-refractivity contribution in [1.29, 1.82) is 0 Å². The number of likely N-dealkylation sites (tertiary alicyclic amines) is 1. The maximum atomic E-state index is 12.5. The number of halogens is 1. The lowest BCUT2D eigenvalue weighted by atomic mass is 9.90. The van der Waals surface area contributed by atoms with E-state index in [1.165, 1.54) is 0 Å². The first kappa shape index (κ1) is 19.8. The van der Waals surface area contributed by atoms with Crippen LogP contribution in [0.15, 0.2) is 24.3 Å². The number of ether oxygens (including phenoxy) is 1. The van der Waals surface area contributed by atoms with Gasteiger partial charge in [0.1, 0.15) is 5.75 Å². The molecule has 1 fully saturated rings. The average molecular weight is 341 g/mol. The zero-order valence-corrected chi connectivity index (χ0v) is 15.0. The highest BCUT2D eigenvalue weighted by Gasteiger charge is 2.25. The average Bonchev–Trinajstić information content (AvgIpc) is 2.55. The number of rotatable bonds is 6. The van der Waals surface area contributed by atoms with Crippen molar-refractivity contribution in [3.63, 3.8) is 0 Å². The molecule has 0 bridgehead atoms. The van der Waals surface area contributed by atoms with Gasteiger partial charge >= 0.3 is 0 Å². The monoisotopic (exact) mass is 340 g/mol. The Morgan fingerprint density at radius 1 is 1.30 bits per heavy atom. The number of nitrogens with two attached hydrogens (primary N) is 1. The maximum absolute atomic E-state index is 12.5. The van der Waals surface area contributed by atoms with Crippen LogP contribution >= 0.6 is 12.4 Å². The molecule has 2 N–H and O–H groups in total. The van der Waals surface area contributed by atoms with Gasteiger partial charge in [-0.1, -0.05) is 13.3 Å². The number of hydrogen-bond donors (Lipinski definition) is 1. The molecule has 5 heteroatoms. The van der Waals surface area contributed by atoms with Crippen LogP contribution in [0.5, 0.6) is 5.75 Å². The maximum Gasteiger partial charge on any atom is 0.253 e. The van der Waals surface area contributed by atoms with Crippen LogP contribution in [0.3, 0.4) is 0 Å². The Morgan fingerprint density at radius 3 is 2.43 bits per heavy atom. The molecule has 1 unspecified atom stereocenters. The standard InChI is InChI=1S/C18H28N2O2.ClH/c1-3-4-13-22-17-7-5-16(6-8-17)18(21)20-11-9-15(10-12-20)14(2)19;/h5-8,14-15H,3-4,9-13,19H2,1-2H3;1H. The fraction of sp³-hybridized carbons (Fsp3) is 0.611. The molecule has 0 aliphatic carbocycles. The summed E-state index contributed by atoms with van der Waals surface area (Å²) in [5, 5.41) is 0. The van der Waals surface area contributed by atoms with Crippen molar-refractivity contribution in [3.8, 4) is 5.75 Å². The van der Waals surface area contributed by atoms with E-state index in [2.05, 4.69) is 13.8 Å². The molecule has 1 aliphatic heterocycles. The van der Waals surface area contributed by atoms with Gasteiger partial charge in [0.2, 0.25) is 0 Å². The second kappa shape index (κ2) is 9.78. The molecular weight excluding hydrogens is 312 g/mol. The van der Waals surface area contributed by atoms with Gasteiger partial charge in [-0.2, -0.15) is 0 Å². The van der Waals surface area contributed by atoms with Crippen LogP contribution in [0, 0.1) is 5.92 Å². The van der Waals surface area contributed by atoms with E-state index in [0.29, 0.717) is 5.92 Å². The fourth-order valence-corrected chi connectivity index (χ4v) is 2.84. The van der Waals surface area contributed by atoms with Gasteiger partial charge in [0.15, 0.2) is 0 Å². The Balaban J connectivity index is 0.00000264. The topological polar surface area (TPSA) is 55.6 Å². The van der Waals surface area contributed by atoms with Crippen molar-refractivity contribution in [1.82, 2.24) is 4.90 Å². The van der Waals surface area contributed by atoms with Crippen LogP contribution in [-0.2, 0) is 0 Å². The predicted octanol–water partition coefficient (Wildman–Crippen LogP) is 3.49. The minimum absolute atomic E-state index is 0. The first-order chi connectivity index (χ1) is 10.6. The number of carbonyl (C=O) groups is 1. The van der Waals surface area contributed by atoms with Crippen LogP contribution < -0.4 is 10.5 Å². The van der Waals surface area contributed by atoms with E-state index in [-0.39, 0.29) is 24.4 Å². The molecule has 23 heavy (non-hydrogen) atoms. The van der Waals surface area contributed by atoms with Gasteiger partial charge in [-0.25, -0.2) is 0 Å². The highest BCUT2D eigenvalue weighted by molar-refractivity contribution is 5.94. The smallest absolute Gasteiger partial charge is 0.253 e. The Morgan fingerprint density at radius 2 is 1.91 bits per heavy atom. The van der Waals surface area contributed by atoms with E-state index in [9.17, 15) is 4.79 Å². The van der Waals surface area contributed by atoms with E-state index in [4.69, 9.17) is 10.5 Å². The minimum Gasteiger partial charge on any atom is -0.494 e. The lowest BCUT2D eigenvalue weighted by molar-refractivity contribution is 0.0681. The molecule has 2 rings (SSSR count). The lowest BCUT2D eigenvalue weighted by Gasteiger charge is -2.33. The SMILES string of the molecule is CCCCOc1ccc(C(=O)N2CCC(C(C)N)CC2)cc1.Cl. The van der Waals surface area contributed by atoms with Gasteiger partial charge < -0.3 is 15.4 Å². The Bertz CT molecular complexity index is 468. The zero-order valence-electron chi connectivity index (χ0n) is 14.2. The van der Waals surface area contributed by atoms with Crippen LogP contribution in [0.2, 0.25) is 0 Å². The van der Waals surface area contributed by atoms with Crippen molar-refractivity contribution in [2.24, 2.45) is 11.7 Å². The zero-order chi connectivity index (χ0) is 15.9. The molecule has 1 atom stereocenters. The summed E-state index contributed by atoms with van der Waals surface area (Å²) in [6.45, 7) is 6.54. The molecule has 1 amide bonds. The molecule has 1 aromatic carbocycles. The van der Waals surface area contributed by atoms with Crippen molar-refractivity contribution >= 4 is 18.3 Å². The van der Waals surface area contributed by atoms with Crippen molar-refractivity contribution in [2.75, 3.05) is 19.7 Å². The molecule has 0 radical (unpaired) electrons. The predicted molar refractivity (Wildman–Crippen MR) is 96.4 cm³/mol. The number of unbranched alkanes of at least 4 members (excludes halogenated alkanes) is 1. The third-order valence-electron chi connectivity index (χ3n) is 4.44. The lowest BCUT2D eigenvalue weighted by Crippen LogP contribution is -2.42. The highest BCUT2D eigenvalue weighted by atomic mass is 35.5. The molecule has 1 aliphatic rings. The van der Waals surface area contributed by atoms with E-state index in [1.54, 1.807) is 0 Å². The Labute approximate surface area is 145 Å². The van der Waals surface area contributed by atoms with Gasteiger partial charge in [-0.15, -0.1) is 12.4 Å². The molecule has 0 saturated carbocycles. The molecule has 1 saturated heterocycles. The summed E-state index contributed by atoms with van der Waals surface area (Å²) < 4.78 is 5.63. The molecule has 130 valence electrons. The molecular formula is C18H29ClN2O2.